The van der Waals surface area contributed by atoms with Gasteiger partial charge in [0, 0.05) is 13.2 Å². The molecule has 1 radical (unpaired) electrons. The highest BCUT2D eigenvalue weighted by molar-refractivity contribution is 4.45. The highest BCUT2D eigenvalue weighted by Crippen LogP contribution is 1.85. The zero-order chi connectivity index (χ0) is 10.5. The average molecular weight is 205 g/mol. The Balaban J connectivity index is 2.78. The smallest absolute Gasteiger partial charge is 0.109 e. The zero-order valence-electron chi connectivity index (χ0n) is 9.16. The van der Waals surface area contributed by atoms with Crippen LogP contribution in [0.25, 0.3) is 0 Å². The molecule has 0 rings (SSSR count). The van der Waals surface area contributed by atoms with Gasteiger partial charge in [0.15, 0.2) is 0 Å². The van der Waals surface area contributed by atoms with E-state index in [1.807, 2.05) is 13.8 Å². The Kier molecular flexibility index (Phi) is 12.7. The molecule has 0 aliphatic carbocycles. The van der Waals surface area contributed by atoms with E-state index >= 15 is 0 Å². The predicted octanol–water partition coefficient (Wildman–Crippen LogP) is 1.25. The van der Waals surface area contributed by atoms with Crippen molar-refractivity contribution in [3.8, 4) is 0 Å². The molecule has 0 aliphatic rings. The molecule has 0 amide bonds. The van der Waals surface area contributed by atoms with Crippen LogP contribution >= 0.6 is 0 Å². The highest BCUT2D eigenvalue weighted by atomic mass is 16.6. The fraction of sp³-hybridized carbons (Fsp3) is 0.900. The first kappa shape index (κ1) is 13.8. The van der Waals surface area contributed by atoms with Crippen LogP contribution in [0.1, 0.15) is 13.8 Å². The van der Waals surface area contributed by atoms with Crippen LogP contribution in [0, 0.1) is 6.61 Å². The lowest BCUT2D eigenvalue weighted by atomic mass is 10.7. The van der Waals surface area contributed by atoms with Gasteiger partial charge in [0.2, 0.25) is 0 Å². The Labute approximate surface area is 86.5 Å². The van der Waals surface area contributed by atoms with Crippen molar-refractivity contribution in [2.24, 2.45) is 0 Å². The van der Waals surface area contributed by atoms with Gasteiger partial charge in [0.1, 0.15) is 6.61 Å². The molecule has 0 aliphatic heterocycles. The highest BCUT2D eigenvalue weighted by Gasteiger charge is 1.90. The first-order valence-electron chi connectivity index (χ1n) is 5.08. The molecule has 14 heavy (non-hydrogen) atoms. The summed E-state index contributed by atoms with van der Waals surface area (Å²) < 4.78 is 20.5. The van der Waals surface area contributed by atoms with E-state index in [4.69, 9.17) is 18.9 Å². The monoisotopic (exact) mass is 205 g/mol. The van der Waals surface area contributed by atoms with E-state index in [0.29, 0.717) is 39.6 Å². The first-order chi connectivity index (χ1) is 6.91. The second kappa shape index (κ2) is 12.8. The lowest BCUT2D eigenvalue weighted by molar-refractivity contribution is 0.0127. The van der Waals surface area contributed by atoms with E-state index in [9.17, 15) is 0 Å². The summed E-state index contributed by atoms with van der Waals surface area (Å²) in [5, 5.41) is 0. The maximum atomic E-state index is 5.24. The zero-order valence-corrected chi connectivity index (χ0v) is 9.16. The van der Waals surface area contributed by atoms with Gasteiger partial charge in [0.25, 0.3) is 0 Å². The number of hydrogen-bond donors (Lipinski definition) is 0. The normalized spacial score (nSPS) is 10.7. The lowest BCUT2D eigenvalue weighted by Gasteiger charge is -2.05. The summed E-state index contributed by atoms with van der Waals surface area (Å²) in [6, 6.07) is 0. The van der Waals surface area contributed by atoms with Crippen molar-refractivity contribution in [1.82, 2.24) is 0 Å². The summed E-state index contributed by atoms with van der Waals surface area (Å²) in [7, 11) is 0. The van der Waals surface area contributed by atoms with Gasteiger partial charge in [-0.05, 0) is 13.8 Å². The molecule has 0 bridgehead atoms. The molecule has 0 spiro atoms. The van der Waals surface area contributed by atoms with Crippen molar-refractivity contribution in [2.75, 3.05) is 46.2 Å². The van der Waals surface area contributed by atoms with Gasteiger partial charge in [-0.1, -0.05) is 0 Å². The third-order valence-corrected chi connectivity index (χ3v) is 1.42. The van der Waals surface area contributed by atoms with Gasteiger partial charge in [0.05, 0.1) is 33.0 Å². The molecule has 0 aromatic carbocycles. The SMILES string of the molecule is CCO[CH]COCCOCCOCC. The van der Waals surface area contributed by atoms with Gasteiger partial charge in [-0.15, -0.1) is 0 Å². The maximum absolute atomic E-state index is 5.24. The lowest BCUT2D eigenvalue weighted by Crippen LogP contribution is -2.10. The third-order valence-electron chi connectivity index (χ3n) is 1.42. The Morgan fingerprint density at radius 2 is 1.43 bits per heavy atom. The third kappa shape index (κ3) is 11.8. The molecule has 4 nitrogen and oxygen atoms in total. The summed E-state index contributed by atoms with van der Waals surface area (Å²) in [6.07, 6.45) is 0. The van der Waals surface area contributed by atoms with Gasteiger partial charge < -0.3 is 18.9 Å². The Hall–Kier alpha value is -0.160. The van der Waals surface area contributed by atoms with Crippen LogP contribution in [0.2, 0.25) is 0 Å². The van der Waals surface area contributed by atoms with Crippen LogP contribution in [0.3, 0.4) is 0 Å². The molecule has 0 aromatic heterocycles. The van der Waals surface area contributed by atoms with Crippen LogP contribution in [0.5, 0.6) is 0 Å². The van der Waals surface area contributed by atoms with Gasteiger partial charge >= 0.3 is 0 Å². The summed E-state index contributed by atoms with van der Waals surface area (Å²) in [5.41, 5.74) is 0. The first-order valence-corrected chi connectivity index (χ1v) is 5.08. The Bertz CT molecular complexity index is 86.1. The number of rotatable bonds is 11. The van der Waals surface area contributed by atoms with Crippen LogP contribution in [-0.2, 0) is 18.9 Å². The van der Waals surface area contributed by atoms with Crippen molar-refractivity contribution < 1.29 is 18.9 Å². The largest absolute Gasteiger partial charge is 0.379 e. The van der Waals surface area contributed by atoms with E-state index in [1.54, 1.807) is 6.61 Å². The van der Waals surface area contributed by atoms with Crippen molar-refractivity contribution in [2.45, 2.75) is 13.8 Å². The molecule has 0 heterocycles. The molecule has 0 fully saturated rings. The quantitative estimate of drug-likeness (QED) is 0.476. The molecule has 0 saturated carbocycles. The fourth-order valence-corrected chi connectivity index (χ4v) is 0.780. The molecule has 0 unspecified atom stereocenters. The number of hydrogen-bond acceptors (Lipinski definition) is 4. The van der Waals surface area contributed by atoms with E-state index in [2.05, 4.69) is 0 Å². The van der Waals surface area contributed by atoms with Crippen LogP contribution in [0.4, 0.5) is 0 Å². The van der Waals surface area contributed by atoms with Crippen LogP contribution < -0.4 is 0 Å². The van der Waals surface area contributed by atoms with Crippen molar-refractivity contribution in [3.05, 3.63) is 6.61 Å². The summed E-state index contributed by atoms with van der Waals surface area (Å²) in [6.45, 7) is 9.98. The average Bonchev–Trinajstić information content (AvgIpc) is 2.21. The predicted molar refractivity (Wildman–Crippen MR) is 54.1 cm³/mol. The number of ether oxygens (including phenoxy) is 4. The van der Waals surface area contributed by atoms with Gasteiger partial charge in [-0.25, -0.2) is 0 Å². The van der Waals surface area contributed by atoms with Crippen LogP contribution in [0.15, 0.2) is 0 Å². The minimum Gasteiger partial charge on any atom is -0.379 e. The molecule has 0 aromatic rings. The molecular formula is C10H21O4. The van der Waals surface area contributed by atoms with E-state index in [1.165, 1.54) is 0 Å². The molecule has 0 atom stereocenters. The van der Waals surface area contributed by atoms with E-state index in [0.717, 1.165) is 6.61 Å². The van der Waals surface area contributed by atoms with E-state index in [-0.39, 0.29) is 0 Å². The molecule has 85 valence electrons. The second-order valence-corrected chi connectivity index (χ2v) is 2.51. The standard InChI is InChI=1S/C10H21O4/c1-3-11-5-7-13-9-10-14-8-6-12-4-2/h5H,3-4,6-10H2,1-2H3. The van der Waals surface area contributed by atoms with Crippen molar-refractivity contribution in [1.29, 1.82) is 0 Å². The fourth-order valence-electron chi connectivity index (χ4n) is 0.780. The molecule has 0 saturated heterocycles. The summed E-state index contributed by atoms with van der Waals surface area (Å²) >= 11 is 0. The van der Waals surface area contributed by atoms with Crippen LogP contribution in [-0.4, -0.2) is 46.2 Å². The summed E-state index contributed by atoms with van der Waals surface area (Å²) in [4.78, 5) is 0. The molecule has 4 heteroatoms. The second-order valence-electron chi connectivity index (χ2n) is 2.51. The topological polar surface area (TPSA) is 36.9 Å². The molecular weight excluding hydrogens is 184 g/mol. The summed E-state index contributed by atoms with van der Waals surface area (Å²) in [5.74, 6) is 0. The minimum atomic E-state index is 0.517. The van der Waals surface area contributed by atoms with Crippen molar-refractivity contribution >= 4 is 0 Å². The van der Waals surface area contributed by atoms with Crippen molar-refractivity contribution in [3.63, 3.8) is 0 Å². The Morgan fingerprint density at radius 1 is 0.786 bits per heavy atom. The maximum Gasteiger partial charge on any atom is 0.109 e. The van der Waals surface area contributed by atoms with E-state index < -0.39 is 0 Å². The van der Waals surface area contributed by atoms with Gasteiger partial charge in [-0.3, -0.25) is 0 Å². The molecule has 0 N–H and O–H groups in total. The Morgan fingerprint density at radius 3 is 2.07 bits per heavy atom. The minimum absolute atomic E-state index is 0.517. The van der Waals surface area contributed by atoms with Gasteiger partial charge in [-0.2, -0.15) is 0 Å².